The molecule has 1 aromatic rings. The number of methoxy groups -OCH3 is 1. The van der Waals surface area contributed by atoms with Gasteiger partial charge in [0.05, 0.1) is 20.1 Å². The van der Waals surface area contributed by atoms with Gasteiger partial charge in [0.15, 0.2) is 0 Å². The number of benzene rings is 1. The molecule has 1 rings (SSSR count). The van der Waals surface area contributed by atoms with E-state index in [1.54, 1.807) is 0 Å². The average Bonchev–Trinajstić information content (AvgIpc) is 2.34. The van der Waals surface area contributed by atoms with E-state index < -0.39 is 5.97 Å². The van der Waals surface area contributed by atoms with Crippen LogP contribution >= 0.6 is 0 Å². The van der Waals surface area contributed by atoms with Gasteiger partial charge >= 0.3 is 5.97 Å². The van der Waals surface area contributed by atoms with Crippen LogP contribution in [0.4, 0.5) is 0 Å². The van der Waals surface area contributed by atoms with Crippen LogP contribution in [-0.4, -0.2) is 18.8 Å². The maximum absolute atomic E-state index is 11.3. The highest BCUT2D eigenvalue weighted by Crippen LogP contribution is 2.02. The number of carbonyl (C=O) groups is 1. The van der Waals surface area contributed by atoms with E-state index >= 15 is 0 Å². The average molecular weight is 215 g/mol. The summed E-state index contributed by atoms with van der Waals surface area (Å²) in [6, 6.07) is 9.64. The van der Waals surface area contributed by atoms with Crippen LogP contribution in [0.25, 0.3) is 0 Å². The van der Waals surface area contributed by atoms with Crippen LogP contribution in [0.15, 0.2) is 35.3 Å². The predicted molar refractivity (Wildman–Crippen MR) is 63.0 cm³/mol. The van der Waals surface area contributed by atoms with Gasteiger partial charge in [0.2, 0.25) is 0 Å². The number of ether oxygens (including phenoxy) is 1. The lowest BCUT2D eigenvalue weighted by Crippen LogP contribution is -2.15. The monoisotopic (exact) mass is 215 g/mol. The number of hydrogen-bond donors (Lipinski definition) is 0. The van der Waals surface area contributed by atoms with Gasteiger partial charge in [0.1, 0.15) is 5.71 Å². The Hall–Kier alpha value is -2.08. The lowest BCUT2D eigenvalue weighted by atomic mass is 10.2. The highest BCUT2D eigenvalue weighted by atomic mass is 16.5. The van der Waals surface area contributed by atoms with Gasteiger partial charge in [-0.3, -0.25) is 4.99 Å². The van der Waals surface area contributed by atoms with Crippen molar-refractivity contribution in [2.75, 3.05) is 7.11 Å². The van der Waals surface area contributed by atoms with Crippen LogP contribution in [0.5, 0.6) is 0 Å². The molecule has 0 heterocycles. The van der Waals surface area contributed by atoms with E-state index in [-0.39, 0.29) is 12.1 Å². The van der Waals surface area contributed by atoms with Crippen molar-refractivity contribution in [3.05, 3.63) is 35.9 Å². The molecule has 0 aromatic heterocycles. The van der Waals surface area contributed by atoms with Gasteiger partial charge in [0, 0.05) is 0 Å². The normalized spacial score (nSPS) is 10.6. The van der Waals surface area contributed by atoms with E-state index in [0.717, 1.165) is 5.56 Å². The molecule has 0 saturated carbocycles. The largest absolute Gasteiger partial charge is 0.465 e. The Morgan fingerprint density at radius 1 is 1.44 bits per heavy atom. The SMILES string of the molecule is C#CCC(=NCc1ccccc1)C(=O)OC. The second-order valence-corrected chi connectivity index (χ2v) is 3.12. The smallest absolute Gasteiger partial charge is 0.352 e. The maximum atomic E-state index is 11.3. The molecule has 0 aliphatic carbocycles. The van der Waals surface area contributed by atoms with Gasteiger partial charge in [-0.25, -0.2) is 4.79 Å². The van der Waals surface area contributed by atoms with Crippen molar-refractivity contribution in [2.24, 2.45) is 4.99 Å². The Bertz CT molecular complexity index is 415. The quantitative estimate of drug-likeness (QED) is 0.436. The molecule has 0 radical (unpaired) electrons. The minimum absolute atomic E-state index is 0.194. The van der Waals surface area contributed by atoms with E-state index in [0.29, 0.717) is 6.54 Å². The van der Waals surface area contributed by atoms with Gasteiger partial charge in [-0.05, 0) is 5.56 Å². The van der Waals surface area contributed by atoms with Crippen LogP contribution in [0.2, 0.25) is 0 Å². The summed E-state index contributed by atoms with van der Waals surface area (Å²) in [4.78, 5) is 15.4. The molecule has 0 unspecified atom stereocenters. The van der Waals surface area contributed by atoms with E-state index in [1.807, 2.05) is 30.3 Å². The summed E-state index contributed by atoms with van der Waals surface area (Å²) in [6.45, 7) is 0.437. The summed E-state index contributed by atoms with van der Waals surface area (Å²) >= 11 is 0. The Balaban J connectivity index is 2.73. The first-order valence-electron chi connectivity index (χ1n) is 4.87. The van der Waals surface area contributed by atoms with Crippen molar-refractivity contribution in [2.45, 2.75) is 13.0 Å². The van der Waals surface area contributed by atoms with Crippen LogP contribution in [0, 0.1) is 12.3 Å². The lowest BCUT2D eigenvalue weighted by Gasteiger charge is -2.01. The molecule has 0 amide bonds. The highest BCUT2D eigenvalue weighted by Gasteiger charge is 2.09. The Morgan fingerprint density at radius 2 is 2.12 bits per heavy atom. The number of rotatable bonds is 4. The number of terminal acetylenes is 1. The summed E-state index contributed by atoms with van der Waals surface area (Å²) in [5, 5.41) is 0. The van der Waals surface area contributed by atoms with Crippen LogP contribution in [-0.2, 0) is 16.1 Å². The van der Waals surface area contributed by atoms with E-state index in [2.05, 4.69) is 15.6 Å². The summed E-state index contributed by atoms with van der Waals surface area (Å²) < 4.78 is 4.59. The van der Waals surface area contributed by atoms with Gasteiger partial charge in [-0.15, -0.1) is 12.3 Å². The predicted octanol–water partition coefficient (Wildman–Crippen LogP) is 1.82. The number of aliphatic imine (C=N–C) groups is 1. The van der Waals surface area contributed by atoms with E-state index in [4.69, 9.17) is 6.42 Å². The molecule has 0 aliphatic heterocycles. The first kappa shape index (κ1) is 12.0. The van der Waals surface area contributed by atoms with Crippen molar-refractivity contribution < 1.29 is 9.53 Å². The minimum atomic E-state index is -0.464. The molecule has 0 atom stereocenters. The van der Waals surface area contributed by atoms with Crippen molar-refractivity contribution >= 4 is 11.7 Å². The number of nitrogens with zero attached hydrogens (tertiary/aromatic N) is 1. The third-order valence-corrected chi connectivity index (χ3v) is 1.99. The van der Waals surface area contributed by atoms with Crippen molar-refractivity contribution in [3.8, 4) is 12.3 Å². The lowest BCUT2D eigenvalue weighted by molar-refractivity contribution is -0.132. The van der Waals surface area contributed by atoms with Crippen molar-refractivity contribution in [1.82, 2.24) is 0 Å². The van der Waals surface area contributed by atoms with Crippen molar-refractivity contribution in [3.63, 3.8) is 0 Å². The zero-order valence-corrected chi connectivity index (χ0v) is 9.14. The second kappa shape index (κ2) is 6.41. The molecule has 82 valence electrons. The molecule has 3 heteroatoms. The third kappa shape index (κ3) is 3.58. The first-order valence-corrected chi connectivity index (χ1v) is 4.87. The summed E-state index contributed by atoms with van der Waals surface area (Å²) in [7, 11) is 1.32. The molecule has 3 nitrogen and oxygen atoms in total. The molecular weight excluding hydrogens is 202 g/mol. The number of esters is 1. The highest BCUT2D eigenvalue weighted by molar-refractivity contribution is 6.37. The zero-order valence-electron chi connectivity index (χ0n) is 9.14. The fourth-order valence-electron chi connectivity index (χ4n) is 1.18. The van der Waals surface area contributed by atoms with Gasteiger partial charge < -0.3 is 4.74 Å². The Labute approximate surface area is 95.2 Å². The van der Waals surface area contributed by atoms with Gasteiger partial charge in [0.25, 0.3) is 0 Å². The molecule has 0 bridgehead atoms. The van der Waals surface area contributed by atoms with Gasteiger partial charge in [-0.1, -0.05) is 30.3 Å². The second-order valence-electron chi connectivity index (χ2n) is 3.12. The Kier molecular flexibility index (Phi) is 4.81. The van der Waals surface area contributed by atoms with Crippen LogP contribution < -0.4 is 0 Å². The molecule has 16 heavy (non-hydrogen) atoms. The molecule has 0 N–H and O–H groups in total. The fourth-order valence-corrected chi connectivity index (χ4v) is 1.18. The molecule has 0 fully saturated rings. The molecule has 1 aromatic carbocycles. The van der Waals surface area contributed by atoms with E-state index in [9.17, 15) is 4.79 Å². The molecule has 0 saturated heterocycles. The summed E-state index contributed by atoms with van der Waals surface area (Å²) in [5.41, 5.74) is 1.31. The summed E-state index contributed by atoms with van der Waals surface area (Å²) in [5.74, 6) is 1.92. The Morgan fingerprint density at radius 3 is 2.69 bits per heavy atom. The molecule has 0 aliphatic rings. The van der Waals surface area contributed by atoms with Gasteiger partial charge in [-0.2, -0.15) is 0 Å². The molecular formula is C13H13NO2. The fraction of sp³-hybridized carbons (Fsp3) is 0.231. The zero-order chi connectivity index (χ0) is 11.8. The molecule has 0 spiro atoms. The van der Waals surface area contributed by atoms with E-state index in [1.165, 1.54) is 7.11 Å². The van der Waals surface area contributed by atoms with Crippen LogP contribution in [0.3, 0.4) is 0 Å². The van der Waals surface area contributed by atoms with Crippen molar-refractivity contribution in [1.29, 1.82) is 0 Å². The summed E-state index contributed by atoms with van der Waals surface area (Å²) in [6.07, 6.45) is 5.35. The standard InChI is InChI=1S/C13H13NO2/c1-3-7-12(13(15)16-2)14-10-11-8-5-4-6-9-11/h1,4-6,8-9H,7,10H2,2H3. The number of carbonyl (C=O) groups excluding carboxylic acids is 1. The van der Waals surface area contributed by atoms with Crippen LogP contribution in [0.1, 0.15) is 12.0 Å². The topological polar surface area (TPSA) is 38.7 Å². The maximum Gasteiger partial charge on any atom is 0.352 e. The number of hydrogen-bond acceptors (Lipinski definition) is 3. The first-order chi connectivity index (χ1) is 7.77. The third-order valence-electron chi connectivity index (χ3n) is 1.99. The minimum Gasteiger partial charge on any atom is -0.465 e.